The van der Waals surface area contributed by atoms with Crippen LogP contribution in [0, 0.1) is 10.8 Å². The van der Waals surface area contributed by atoms with Crippen molar-refractivity contribution in [2.75, 3.05) is 0 Å². The molecule has 22 heavy (non-hydrogen) atoms. The summed E-state index contributed by atoms with van der Waals surface area (Å²) in [6.45, 7) is 0. The SMILES string of the molecule is N=CCCCCCCCCC(O)CCCCCCCCC=N. The summed E-state index contributed by atoms with van der Waals surface area (Å²) in [5.41, 5.74) is 0. The average molecular weight is 311 g/mol. The second kappa shape index (κ2) is 18.3. The van der Waals surface area contributed by atoms with E-state index in [0.29, 0.717) is 0 Å². The summed E-state index contributed by atoms with van der Waals surface area (Å²) >= 11 is 0. The molecule has 3 nitrogen and oxygen atoms in total. The van der Waals surface area contributed by atoms with Crippen molar-refractivity contribution < 1.29 is 5.11 Å². The average Bonchev–Trinajstić information content (AvgIpc) is 2.52. The Bertz CT molecular complexity index is 220. The minimum atomic E-state index is -0.0872. The van der Waals surface area contributed by atoms with Crippen molar-refractivity contribution in [2.45, 2.75) is 109 Å². The summed E-state index contributed by atoms with van der Waals surface area (Å²) in [4.78, 5) is 0. The van der Waals surface area contributed by atoms with Gasteiger partial charge in [0.1, 0.15) is 0 Å². The molecule has 0 unspecified atom stereocenters. The van der Waals surface area contributed by atoms with Crippen LogP contribution in [0.4, 0.5) is 0 Å². The summed E-state index contributed by atoms with van der Waals surface area (Å²) in [6.07, 6.45) is 21.5. The molecule has 0 amide bonds. The second-order valence-electron chi connectivity index (χ2n) is 6.46. The van der Waals surface area contributed by atoms with Crippen LogP contribution < -0.4 is 0 Å². The lowest BCUT2D eigenvalue weighted by Gasteiger charge is -2.10. The molecule has 0 aromatic carbocycles. The number of aliphatic hydroxyl groups is 1. The Hall–Kier alpha value is -0.700. The Morgan fingerprint density at radius 1 is 0.545 bits per heavy atom. The third kappa shape index (κ3) is 17.4. The van der Waals surface area contributed by atoms with Crippen LogP contribution in [0.3, 0.4) is 0 Å². The van der Waals surface area contributed by atoms with E-state index in [2.05, 4.69) is 0 Å². The molecule has 3 heteroatoms. The Kier molecular flexibility index (Phi) is 17.8. The summed E-state index contributed by atoms with van der Waals surface area (Å²) in [7, 11) is 0. The first kappa shape index (κ1) is 21.3. The normalized spacial score (nSPS) is 12.2. The van der Waals surface area contributed by atoms with Gasteiger partial charge in [0.25, 0.3) is 0 Å². The zero-order valence-electron chi connectivity index (χ0n) is 14.5. The number of nitrogens with one attached hydrogen (secondary N) is 2. The van der Waals surface area contributed by atoms with E-state index in [1.807, 2.05) is 0 Å². The first-order chi connectivity index (χ1) is 10.8. The summed E-state index contributed by atoms with van der Waals surface area (Å²) < 4.78 is 0. The van der Waals surface area contributed by atoms with Crippen molar-refractivity contribution in [3.8, 4) is 0 Å². The van der Waals surface area contributed by atoms with E-state index in [9.17, 15) is 5.11 Å². The minimum absolute atomic E-state index is 0.0872. The van der Waals surface area contributed by atoms with Crippen molar-refractivity contribution >= 4 is 12.4 Å². The van der Waals surface area contributed by atoms with Crippen molar-refractivity contribution in [3.63, 3.8) is 0 Å². The Labute approximate surface area is 137 Å². The van der Waals surface area contributed by atoms with Crippen LogP contribution in [0.5, 0.6) is 0 Å². The molecule has 0 spiro atoms. The van der Waals surface area contributed by atoms with Crippen LogP contribution in [-0.2, 0) is 0 Å². The summed E-state index contributed by atoms with van der Waals surface area (Å²) in [6, 6.07) is 0. The Morgan fingerprint density at radius 2 is 0.864 bits per heavy atom. The Morgan fingerprint density at radius 3 is 1.23 bits per heavy atom. The lowest BCUT2D eigenvalue weighted by Crippen LogP contribution is -2.05. The van der Waals surface area contributed by atoms with E-state index in [1.165, 1.54) is 63.8 Å². The van der Waals surface area contributed by atoms with Gasteiger partial charge in [-0.15, -0.1) is 0 Å². The van der Waals surface area contributed by atoms with E-state index < -0.39 is 0 Å². The minimum Gasteiger partial charge on any atom is -0.393 e. The molecule has 0 fully saturated rings. The van der Waals surface area contributed by atoms with Gasteiger partial charge in [-0.2, -0.15) is 0 Å². The molecule has 0 aromatic heterocycles. The van der Waals surface area contributed by atoms with Gasteiger partial charge >= 0.3 is 0 Å². The number of unbranched alkanes of at least 4 members (excludes halogenated alkanes) is 12. The third-order valence-electron chi connectivity index (χ3n) is 4.27. The fourth-order valence-corrected chi connectivity index (χ4v) is 2.81. The molecular formula is C19H38N2O. The molecule has 0 saturated heterocycles. The molecule has 0 aliphatic rings. The molecule has 0 atom stereocenters. The highest BCUT2D eigenvalue weighted by Crippen LogP contribution is 2.14. The number of rotatable bonds is 18. The second-order valence-corrected chi connectivity index (χ2v) is 6.46. The van der Waals surface area contributed by atoms with Crippen LogP contribution in [-0.4, -0.2) is 23.6 Å². The highest BCUT2D eigenvalue weighted by Gasteiger charge is 2.03. The van der Waals surface area contributed by atoms with E-state index in [1.54, 1.807) is 0 Å². The first-order valence-corrected chi connectivity index (χ1v) is 9.47. The van der Waals surface area contributed by atoms with Gasteiger partial charge in [-0.1, -0.05) is 64.2 Å². The fourth-order valence-electron chi connectivity index (χ4n) is 2.81. The molecule has 0 heterocycles. The standard InChI is InChI=1S/C19H38N2O/c20-17-13-9-5-1-3-7-11-15-19(22)16-12-8-4-2-6-10-14-18-21/h17-22H,1-16H2. The lowest BCUT2D eigenvalue weighted by atomic mass is 10.0. The smallest absolute Gasteiger partial charge is 0.0540 e. The number of hydrogen-bond acceptors (Lipinski definition) is 3. The van der Waals surface area contributed by atoms with Crippen LogP contribution in [0.1, 0.15) is 103 Å². The highest BCUT2D eigenvalue weighted by atomic mass is 16.3. The molecule has 0 aliphatic carbocycles. The predicted octanol–water partition coefficient (Wildman–Crippen LogP) is 5.89. The van der Waals surface area contributed by atoms with Crippen molar-refractivity contribution in [1.82, 2.24) is 0 Å². The molecule has 130 valence electrons. The van der Waals surface area contributed by atoms with Gasteiger partial charge in [0.05, 0.1) is 6.10 Å². The van der Waals surface area contributed by atoms with Crippen LogP contribution >= 0.6 is 0 Å². The summed E-state index contributed by atoms with van der Waals surface area (Å²) in [5, 5.41) is 23.9. The third-order valence-corrected chi connectivity index (χ3v) is 4.27. The zero-order valence-corrected chi connectivity index (χ0v) is 14.5. The van der Waals surface area contributed by atoms with E-state index in [0.717, 1.165) is 51.4 Å². The predicted molar refractivity (Wildman–Crippen MR) is 97.4 cm³/mol. The molecule has 0 bridgehead atoms. The first-order valence-electron chi connectivity index (χ1n) is 9.47. The van der Waals surface area contributed by atoms with Crippen LogP contribution in [0.15, 0.2) is 0 Å². The zero-order chi connectivity index (χ0) is 16.3. The molecule has 0 radical (unpaired) electrons. The van der Waals surface area contributed by atoms with E-state index in [-0.39, 0.29) is 6.10 Å². The molecule has 0 saturated carbocycles. The molecule has 3 N–H and O–H groups in total. The van der Waals surface area contributed by atoms with Gasteiger partial charge < -0.3 is 15.9 Å². The molecular weight excluding hydrogens is 272 g/mol. The van der Waals surface area contributed by atoms with E-state index in [4.69, 9.17) is 10.8 Å². The highest BCUT2D eigenvalue weighted by molar-refractivity contribution is 5.52. The topological polar surface area (TPSA) is 67.9 Å². The Balaban J connectivity index is 3.14. The van der Waals surface area contributed by atoms with Gasteiger partial charge in [0, 0.05) is 0 Å². The molecule has 0 rings (SSSR count). The van der Waals surface area contributed by atoms with Crippen molar-refractivity contribution in [1.29, 1.82) is 10.8 Å². The monoisotopic (exact) mass is 310 g/mol. The van der Waals surface area contributed by atoms with Gasteiger partial charge in [0.15, 0.2) is 0 Å². The largest absolute Gasteiger partial charge is 0.393 e. The van der Waals surface area contributed by atoms with Gasteiger partial charge in [-0.3, -0.25) is 0 Å². The molecule has 0 aromatic rings. The van der Waals surface area contributed by atoms with Crippen molar-refractivity contribution in [3.05, 3.63) is 0 Å². The fraction of sp³-hybridized carbons (Fsp3) is 0.895. The quantitative estimate of drug-likeness (QED) is 0.214. The van der Waals surface area contributed by atoms with Crippen LogP contribution in [0.2, 0.25) is 0 Å². The van der Waals surface area contributed by atoms with Gasteiger partial charge in [0.2, 0.25) is 0 Å². The van der Waals surface area contributed by atoms with Crippen molar-refractivity contribution in [2.24, 2.45) is 0 Å². The maximum absolute atomic E-state index is 9.94. The van der Waals surface area contributed by atoms with Gasteiger partial charge in [-0.25, -0.2) is 0 Å². The molecule has 0 aliphatic heterocycles. The summed E-state index contributed by atoms with van der Waals surface area (Å²) in [5.74, 6) is 0. The number of aliphatic hydroxyl groups excluding tert-OH is 1. The maximum atomic E-state index is 9.94. The lowest BCUT2D eigenvalue weighted by molar-refractivity contribution is 0.147. The maximum Gasteiger partial charge on any atom is 0.0540 e. The van der Waals surface area contributed by atoms with Gasteiger partial charge in [-0.05, 0) is 51.0 Å². The van der Waals surface area contributed by atoms with Crippen LogP contribution in [0.25, 0.3) is 0 Å². The van der Waals surface area contributed by atoms with E-state index >= 15 is 0 Å². The number of hydrogen-bond donors (Lipinski definition) is 3.